The first-order valence-electron chi connectivity index (χ1n) is 7.12. The van der Waals surface area contributed by atoms with Gasteiger partial charge in [0.1, 0.15) is 0 Å². The monoisotopic (exact) mass is 276 g/mol. The number of benzene rings is 1. The van der Waals surface area contributed by atoms with Crippen LogP contribution in [0.1, 0.15) is 33.3 Å². The average Bonchev–Trinajstić information content (AvgIpc) is 2.37. The molecule has 1 fully saturated rings. The van der Waals surface area contributed by atoms with E-state index in [9.17, 15) is 4.79 Å². The first-order chi connectivity index (χ1) is 9.36. The summed E-state index contributed by atoms with van der Waals surface area (Å²) in [7, 11) is 0. The van der Waals surface area contributed by atoms with Gasteiger partial charge in [0.15, 0.2) is 0 Å². The van der Waals surface area contributed by atoms with Crippen molar-refractivity contribution in [1.29, 1.82) is 0 Å². The van der Waals surface area contributed by atoms with E-state index in [1.54, 1.807) is 0 Å². The third-order valence-electron chi connectivity index (χ3n) is 3.48. The van der Waals surface area contributed by atoms with Crippen LogP contribution in [-0.4, -0.2) is 32.2 Å². The van der Waals surface area contributed by atoms with E-state index >= 15 is 0 Å². The molecular formula is C16H24N2O2. The molecule has 0 aliphatic carbocycles. The van der Waals surface area contributed by atoms with Crippen LogP contribution in [-0.2, 0) is 14.9 Å². The molecule has 2 rings (SSSR count). The van der Waals surface area contributed by atoms with E-state index in [0.717, 1.165) is 37.7 Å². The quantitative estimate of drug-likeness (QED) is 0.903. The van der Waals surface area contributed by atoms with E-state index in [1.165, 1.54) is 12.5 Å². The second-order valence-electron chi connectivity index (χ2n) is 6.30. The number of nitrogens with zero attached hydrogens (tertiary/aromatic N) is 1. The second kappa shape index (κ2) is 5.83. The molecule has 1 saturated heterocycles. The number of anilines is 2. The van der Waals surface area contributed by atoms with Gasteiger partial charge in [-0.3, -0.25) is 4.79 Å². The molecular weight excluding hydrogens is 252 g/mol. The van der Waals surface area contributed by atoms with Gasteiger partial charge in [-0.1, -0.05) is 20.8 Å². The maximum absolute atomic E-state index is 11.3. The largest absolute Gasteiger partial charge is 0.378 e. The van der Waals surface area contributed by atoms with Crippen molar-refractivity contribution in [3.63, 3.8) is 0 Å². The summed E-state index contributed by atoms with van der Waals surface area (Å²) in [4.78, 5) is 13.6. The predicted octanol–water partition coefficient (Wildman–Crippen LogP) is 2.78. The van der Waals surface area contributed by atoms with Crippen LogP contribution >= 0.6 is 0 Å². The van der Waals surface area contributed by atoms with Crippen LogP contribution in [0.2, 0.25) is 0 Å². The maximum atomic E-state index is 11.3. The van der Waals surface area contributed by atoms with Gasteiger partial charge in [0, 0.05) is 31.4 Å². The van der Waals surface area contributed by atoms with Crippen LogP contribution in [0.25, 0.3) is 0 Å². The van der Waals surface area contributed by atoms with Crippen LogP contribution in [0.15, 0.2) is 18.2 Å². The summed E-state index contributed by atoms with van der Waals surface area (Å²) in [5.74, 6) is -0.0380. The molecule has 0 atom stereocenters. The van der Waals surface area contributed by atoms with Crippen LogP contribution in [0.5, 0.6) is 0 Å². The minimum Gasteiger partial charge on any atom is -0.378 e. The van der Waals surface area contributed by atoms with Gasteiger partial charge < -0.3 is 15.0 Å². The first-order valence-corrected chi connectivity index (χ1v) is 7.12. The number of ether oxygens (including phenoxy) is 1. The molecule has 1 heterocycles. The molecule has 1 aromatic rings. The summed E-state index contributed by atoms with van der Waals surface area (Å²) in [5, 5.41) is 2.90. The Balaban J connectivity index is 2.36. The Labute approximate surface area is 121 Å². The smallest absolute Gasteiger partial charge is 0.221 e. The summed E-state index contributed by atoms with van der Waals surface area (Å²) in [5.41, 5.74) is 3.30. The number of amides is 1. The van der Waals surface area contributed by atoms with Gasteiger partial charge in [-0.2, -0.15) is 0 Å². The molecule has 4 nitrogen and oxygen atoms in total. The molecule has 0 bridgehead atoms. The van der Waals surface area contributed by atoms with Gasteiger partial charge >= 0.3 is 0 Å². The molecule has 0 aromatic heterocycles. The average molecular weight is 276 g/mol. The van der Waals surface area contributed by atoms with E-state index in [1.807, 2.05) is 6.07 Å². The highest BCUT2D eigenvalue weighted by Crippen LogP contribution is 2.30. The summed E-state index contributed by atoms with van der Waals surface area (Å²) >= 11 is 0. The van der Waals surface area contributed by atoms with Gasteiger partial charge in [0.05, 0.1) is 13.2 Å². The molecule has 0 saturated carbocycles. The van der Waals surface area contributed by atoms with E-state index in [2.05, 4.69) is 43.1 Å². The fourth-order valence-corrected chi connectivity index (χ4v) is 2.32. The first kappa shape index (κ1) is 14.9. The standard InChI is InChI=1S/C16H24N2O2/c1-12(19)17-14-9-13(16(2,3)4)10-15(11-14)18-5-7-20-8-6-18/h9-11H,5-8H2,1-4H3,(H,17,19). The fraction of sp³-hybridized carbons (Fsp3) is 0.562. The summed E-state index contributed by atoms with van der Waals surface area (Å²) < 4.78 is 5.40. The Hall–Kier alpha value is -1.55. The minimum atomic E-state index is -0.0380. The molecule has 1 N–H and O–H groups in total. The summed E-state index contributed by atoms with van der Waals surface area (Å²) in [6.45, 7) is 11.4. The Morgan fingerprint density at radius 1 is 1.20 bits per heavy atom. The fourth-order valence-electron chi connectivity index (χ4n) is 2.32. The normalized spacial score (nSPS) is 16.1. The highest BCUT2D eigenvalue weighted by molar-refractivity contribution is 5.89. The molecule has 1 aromatic carbocycles. The molecule has 1 aliphatic rings. The third kappa shape index (κ3) is 3.73. The van der Waals surface area contributed by atoms with Gasteiger partial charge in [0.25, 0.3) is 0 Å². The van der Waals surface area contributed by atoms with E-state index in [-0.39, 0.29) is 11.3 Å². The number of carbonyl (C=O) groups is 1. The van der Waals surface area contributed by atoms with E-state index in [0.29, 0.717) is 0 Å². The summed E-state index contributed by atoms with van der Waals surface area (Å²) in [6, 6.07) is 6.32. The van der Waals surface area contributed by atoms with E-state index < -0.39 is 0 Å². The molecule has 20 heavy (non-hydrogen) atoms. The Bertz CT molecular complexity index is 486. The van der Waals surface area contributed by atoms with Crippen molar-refractivity contribution in [3.8, 4) is 0 Å². The van der Waals surface area contributed by atoms with Gasteiger partial charge in [-0.15, -0.1) is 0 Å². The SMILES string of the molecule is CC(=O)Nc1cc(N2CCOCC2)cc(C(C)(C)C)c1. The zero-order chi connectivity index (χ0) is 14.8. The zero-order valence-corrected chi connectivity index (χ0v) is 12.8. The predicted molar refractivity (Wildman–Crippen MR) is 82.5 cm³/mol. The number of hydrogen-bond acceptors (Lipinski definition) is 3. The number of hydrogen-bond donors (Lipinski definition) is 1. The van der Waals surface area contributed by atoms with Crippen molar-refractivity contribution in [2.75, 3.05) is 36.5 Å². The molecule has 110 valence electrons. The lowest BCUT2D eigenvalue weighted by Gasteiger charge is -2.31. The number of morpholine rings is 1. The van der Waals surface area contributed by atoms with Crippen molar-refractivity contribution in [2.24, 2.45) is 0 Å². The topological polar surface area (TPSA) is 41.6 Å². The van der Waals surface area contributed by atoms with Crippen molar-refractivity contribution in [3.05, 3.63) is 23.8 Å². The van der Waals surface area contributed by atoms with Gasteiger partial charge in [0.2, 0.25) is 5.91 Å². The van der Waals surface area contributed by atoms with Crippen LogP contribution in [0.4, 0.5) is 11.4 Å². The van der Waals surface area contributed by atoms with Crippen LogP contribution in [0, 0.1) is 0 Å². The zero-order valence-electron chi connectivity index (χ0n) is 12.8. The maximum Gasteiger partial charge on any atom is 0.221 e. The molecule has 1 aliphatic heterocycles. The number of carbonyl (C=O) groups excluding carboxylic acids is 1. The van der Waals surface area contributed by atoms with Crippen molar-refractivity contribution in [1.82, 2.24) is 0 Å². The number of rotatable bonds is 2. The molecule has 4 heteroatoms. The van der Waals surface area contributed by atoms with Gasteiger partial charge in [-0.25, -0.2) is 0 Å². The molecule has 0 unspecified atom stereocenters. The lowest BCUT2D eigenvalue weighted by Crippen LogP contribution is -2.36. The lowest BCUT2D eigenvalue weighted by atomic mass is 9.86. The highest BCUT2D eigenvalue weighted by Gasteiger charge is 2.18. The summed E-state index contributed by atoms with van der Waals surface area (Å²) in [6.07, 6.45) is 0. The van der Waals surface area contributed by atoms with Crippen LogP contribution in [0.3, 0.4) is 0 Å². The van der Waals surface area contributed by atoms with Crippen molar-refractivity contribution < 1.29 is 9.53 Å². The van der Waals surface area contributed by atoms with Crippen molar-refractivity contribution in [2.45, 2.75) is 33.1 Å². The Morgan fingerprint density at radius 3 is 2.40 bits per heavy atom. The van der Waals surface area contributed by atoms with Crippen molar-refractivity contribution >= 4 is 17.3 Å². The molecule has 0 spiro atoms. The van der Waals surface area contributed by atoms with Crippen LogP contribution < -0.4 is 10.2 Å². The number of nitrogens with one attached hydrogen (secondary N) is 1. The third-order valence-corrected chi connectivity index (χ3v) is 3.48. The second-order valence-corrected chi connectivity index (χ2v) is 6.30. The highest BCUT2D eigenvalue weighted by atomic mass is 16.5. The Morgan fingerprint density at radius 2 is 1.85 bits per heavy atom. The van der Waals surface area contributed by atoms with Gasteiger partial charge in [-0.05, 0) is 29.2 Å². The van der Waals surface area contributed by atoms with E-state index in [4.69, 9.17) is 4.74 Å². The molecule has 1 amide bonds. The lowest BCUT2D eigenvalue weighted by molar-refractivity contribution is -0.114. The minimum absolute atomic E-state index is 0.0380. The Kier molecular flexibility index (Phi) is 4.33. The molecule has 0 radical (unpaired) electrons.